The average molecular weight is 672 g/mol. The minimum absolute atomic E-state index is 1.13. The van der Waals surface area contributed by atoms with Gasteiger partial charge in [0.2, 0.25) is 0 Å². The molecule has 4 aromatic heterocycles. The molecule has 0 unspecified atom stereocenters. The number of hydrogen-bond donors (Lipinski definition) is 0. The predicted molar refractivity (Wildman–Crippen MR) is 225 cm³/mol. The van der Waals surface area contributed by atoms with Crippen molar-refractivity contribution in [1.82, 2.24) is 8.80 Å². The van der Waals surface area contributed by atoms with E-state index in [0.29, 0.717) is 0 Å². The van der Waals surface area contributed by atoms with Crippen LogP contribution in [0.25, 0.3) is 97.7 Å². The Morgan fingerprint density at radius 1 is 0.302 bits per heavy atom. The van der Waals surface area contributed by atoms with Crippen molar-refractivity contribution in [3.8, 4) is 0 Å². The quantitative estimate of drug-likeness (QED) is 0.182. The van der Waals surface area contributed by atoms with Crippen LogP contribution in [0.5, 0.6) is 0 Å². The van der Waals surface area contributed by atoms with Crippen molar-refractivity contribution in [3.05, 3.63) is 176 Å². The van der Waals surface area contributed by atoms with Crippen LogP contribution in [-0.4, -0.2) is 8.80 Å². The second kappa shape index (κ2) is 9.81. The van der Waals surface area contributed by atoms with Crippen molar-refractivity contribution in [2.45, 2.75) is 0 Å². The maximum absolute atomic E-state index is 2.59. The van der Waals surface area contributed by atoms with Gasteiger partial charge < -0.3 is 13.7 Å². The van der Waals surface area contributed by atoms with Gasteiger partial charge in [-0.15, -0.1) is 0 Å². The summed E-state index contributed by atoms with van der Waals surface area (Å²) in [6, 6.07) is 64.9. The van der Waals surface area contributed by atoms with Crippen molar-refractivity contribution in [2.24, 2.45) is 0 Å². The summed E-state index contributed by atoms with van der Waals surface area (Å²) in [4.78, 5) is 2.44. The zero-order chi connectivity index (χ0) is 34.4. The van der Waals surface area contributed by atoms with Crippen LogP contribution in [-0.2, 0) is 0 Å². The lowest BCUT2D eigenvalue weighted by Gasteiger charge is -2.27. The number of anilines is 3. The number of fused-ring (bicyclic) bond motifs is 17. The molecule has 0 atom stereocenters. The fraction of sp³-hybridized carbons (Fsp3) is 0. The van der Waals surface area contributed by atoms with Crippen LogP contribution in [0.4, 0.5) is 17.1 Å². The maximum Gasteiger partial charge on any atom is 0.0789 e. The predicted octanol–water partition coefficient (Wildman–Crippen LogP) is 13.8. The number of nitrogens with zero attached hydrogens (tertiary/aromatic N) is 3. The van der Waals surface area contributed by atoms with Gasteiger partial charge in [-0.25, -0.2) is 0 Å². The van der Waals surface area contributed by atoms with E-state index in [1.807, 2.05) is 0 Å². The van der Waals surface area contributed by atoms with Gasteiger partial charge in [0.1, 0.15) is 0 Å². The lowest BCUT2D eigenvalue weighted by Crippen LogP contribution is -2.11. The van der Waals surface area contributed by atoms with Gasteiger partial charge in [0.25, 0.3) is 0 Å². The third-order valence-corrected chi connectivity index (χ3v) is 11.9. The van der Waals surface area contributed by atoms with E-state index in [1.54, 1.807) is 0 Å². The lowest BCUT2D eigenvalue weighted by molar-refractivity contribution is 1.27. The number of hydrogen-bond acceptors (Lipinski definition) is 1. The molecule has 0 aliphatic rings. The normalized spacial score (nSPS) is 12.5. The molecule has 0 aliphatic carbocycles. The highest BCUT2D eigenvalue weighted by atomic mass is 15.2. The van der Waals surface area contributed by atoms with E-state index >= 15 is 0 Å². The molecule has 0 fully saturated rings. The molecule has 0 bridgehead atoms. The highest BCUT2D eigenvalue weighted by molar-refractivity contribution is 6.40. The molecule has 0 amide bonds. The molecule has 244 valence electrons. The molecule has 0 N–H and O–H groups in total. The molecular weight excluding hydrogens is 643 g/mol. The molecule has 3 heteroatoms. The third-order valence-electron chi connectivity index (χ3n) is 11.9. The summed E-state index contributed by atoms with van der Waals surface area (Å²) < 4.78 is 5.11. The minimum Gasteiger partial charge on any atom is -0.308 e. The largest absolute Gasteiger partial charge is 0.308 e. The third kappa shape index (κ3) is 3.36. The summed E-state index contributed by atoms with van der Waals surface area (Å²) >= 11 is 0. The Hall–Kier alpha value is -7.10. The number of rotatable bonds is 3. The van der Waals surface area contributed by atoms with E-state index in [1.165, 1.54) is 97.7 Å². The first-order valence-corrected chi connectivity index (χ1v) is 18.4. The minimum atomic E-state index is 1.13. The monoisotopic (exact) mass is 671 g/mol. The molecule has 0 saturated heterocycles. The molecular formula is C50H29N3. The van der Waals surface area contributed by atoms with E-state index in [0.717, 1.165) is 17.1 Å². The van der Waals surface area contributed by atoms with Gasteiger partial charge >= 0.3 is 0 Å². The zero-order valence-corrected chi connectivity index (χ0v) is 28.6. The first-order valence-electron chi connectivity index (χ1n) is 18.4. The first kappa shape index (κ1) is 27.6. The summed E-state index contributed by atoms with van der Waals surface area (Å²) in [7, 11) is 0. The Kier molecular flexibility index (Phi) is 5.11. The number of aromatic nitrogens is 2. The number of para-hydroxylation sites is 4. The lowest BCUT2D eigenvalue weighted by atomic mass is 9.97. The second-order valence-electron chi connectivity index (χ2n) is 14.5. The van der Waals surface area contributed by atoms with E-state index in [2.05, 4.69) is 190 Å². The molecule has 0 aliphatic heterocycles. The van der Waals surface area contributed by atoms with Gasteiger partial charge in [0, 0.05) is 54.5 Å². The fourth-order valence-electron chi connectivity index (χ4n) is 9.89. The van der Waals surface area contributed by atoms with Crippen molar-refractivity contribution in [1.29, 1.82) is 0 Å². The first-order chi connectivity index (χ1) is 26.3. The van der Waals surface area contributed by atoms with Crippen LogP contribution in [0.2, 0.25) is 0 Å². The Balaban J connectivity index is 1.30. The van der Waals surface area contributed by atoms with Gasteiger partial charge in [-0.1, -0.05) is 121 Å². The molecule has 9 aromatic carbocycles. The summed E-state index contributed by atoms with van der Waals surface area (Å²) in [6.45, 7) is 0. The van der Waals surface area contributed by atoms with Crippen molar-refractivity contribution < 1.29 is 0 Å². The molecule has 13 aromatic rings. The Labute approximate surface area is 303 Å². The molecule has 3 nitrogen and oxygen atoms in total. The van der Waals surface area contributed by atoms with E-state index in [4.69, 9.17) is 0 Å². The van der Waals surface area contributed by atoms with E-state index in [-0.39, 0.29) is 0 Å². The summed E-state index contributed by atoms with van der Waals surface area (Å²) in [5.41, 5.74) is 11.0. The van der Waals surface area contributed by atoms with Gasteiger partial charge in [0.05, 0.1) is 38.8 Å². The molecule has 0 saturated carbocycles. The van der Waals surface area contributed by atoms with Crippen molar-refractivity contribution in [3.63, 3.8) is 0 Å². The molecule has 13 rings (SSSR count). The van der Waals surface area contributed by atoms with E-state index < -0.39 is 0 Å². The molecule has 0 spiro atoms. The van der Waals surface area contributed by atoms with E-state index in [9.17, 15) is 0 Å². The molecule has 4 heterocycles. The van der Waals surface area contributed by atoms with Gasteiger partial charge in [-0.2, -0.15) is 0 Å². The van der Waals surface area contributed by atoms with Crippen LogP contribution in [0.15, 0.2) is 176 Å². The van der Waals surface area contributed by atoms with Crippen LogP contribution in [0.1, 0.15) is 0 Å². The van der Waals surface area contributed by atoms with Gasteiger partial charge in [-0.3, -0.25) is 0 Å². The topological polar surface area (TPSA) is 12.1 Å². The SMILES string of the molecule is c1ccc(N(c2ccccc2)c2cc3ccccc3c3c4cccc5c6c7c8c9ccccc9cc9c%10ccccc%10n(c7ccc6n(c23)c54)c98)cc1. The van der Waals surface area contributed by atoms with Crippen molar-refractivity contribution >= 4 is 115 Å². The Bertz CT molecular complexity index is 3570. The zero-order valence-electron chi connectivity index (χ0n) is 28.6. The van der Waals surface area contributed by atoms with Gasteiger partial charge in [-0.05, 0) is 76.1 Å². The summed E-state index contributed by atoms with van der Waals surface area (Å²) in [5, 5.41) is 15.6. The Morgan fingerprint density at radius 3 is 1.57 bits per heavy atom. The second-order valence-corrected chi connectivity index (χ2v) is 14.5. The fourth-order valence-corrected chi connectivity index (χ4v) is 9.89. The van der Waals surface area contributed by atoms with Crippen LogP contribution in [0.3, 0.4) is 0 Å². The summed E-state index contributed by atoms with van der Waals surface area (Å²) in [6.07, 6.45) is 0. The Morgan fingerprint density at radius 2 is 0.849 bits per heavy atom. The molecule has 53 heavy (non-hydrogen) atoms. The van der Waals surface area contributed by atoms with Crippen LogP contribution < -0.4 is 4.90 Å². The maximum atomic E-state index is 2.59. The standard InChI is InChI=1S/C50H29N3/c1-3-16-32(17-4-1)51(33-18-5-2-6-19-33)43-29-31-15-8-9-20-34(31)44-37-23-13-24-38-45-41(53(48(37)38)50(43)44)26-27-42-47(45)46-35-21-10-7-14-30(35)28-39-36-22-11-12-25-40(36)52(42)49(39)46/h1-29H. The molecule has 0 radical (unpaired) electrons. The highest BCUT2D eigenvalue weighted by Gasteiger charge is 2.28. The van der Waals surface area contributed by atoms with Crippen LogP contribution in [0, 0.1) is 0 Å². The van der Waals surface area contributed by atoms with Crippen LogP contribution >= 0.6 is 0 Å². The number of benzene rings is 9. The average Bonchev–Trinajstić information content (AvgIpc) is 3.95. The highest BCUT2D eigenvalue weighted by Crippen LogP contribution is 2.51. The van der Waals surface area contributed by atoms with Gasteiger partial charge in [0.15, 0.2) is 0 Å². The smallest absolute Gasteiger partial charge is 0.0789 e. The van der Waals surface area contributed by atoms with Crippen molar-refractivity contribution in [2.75, 3.05) is 4.90 Å². The summed E-state index contributed by atoms with van der Waals surface area (Å²) in [5.74, 6) is 0.